The van der Waals surface area contributed by atoms with E-state index < -0.39 is 28.9 Å². The van der Waals surface area contributed by atoms with Crippen LogP contribution in [0.5, 0.6) is 0 Å². The van der Waals surface area contributed by atoms with Gasteiger partial charge in [-0.15, -0.1) is 0 Å². The van der Waals surface area contributed by atoms with E-state index in [1.165, 1.54) is 11.3 Å². The molecule has 0 aliphatic rings. The van der Waals surface area contributed by atoms with E-state index in [9.17, 15) is 18.0 Å². The summed E-state index contributed by atoms with van der Waals surface area (Å²) >= 11 is 1.20. The third-order valence-electron chi connectivity index (χ3n) is 2.79. The van der Waals surface area contributed by atoms with Crippen LogP contribution in [0.3, 0.4) is 0 Å². The highest BCUT2D eigenvalue weighted by atomic mass is 32.1. The Morgan fingerprint density at radius 2 is 1.81 bits per heavy atom. The van der Waals surface area contributed by atoms with Gasteiger partial charge in [0.15, 0.2) is 22.6 Å². The van der Waals surface area contributed by atoms with E-state index in [2.05, 4.69) is 10.3 Å². The number of hydrogen-bond acceptors (Lipinski definition) is 3. The fourth-order valence-electron chi connectivity index (χ4n) is 1.79. The van der Waals surface area contributed by atoms with E-state index in [1.54, 1.807) is 12.1 Å². The summed E-state index contributed by atoms with van der Waals surface area (Å²) in [5.41, 5.74) is 0.108. The molecule has 1 heterocycles. The first-order chi connectivity index (χ1) is 10.1. The number of hydrogen-bond donors (Lipinski definition) is 1. The molecule has 7 heteroatoms. The van der Waals surface area contributed by atoms with Crippen molar-refractivity contribution in [1.29, 1.82) is 0 Å². The lowest BCUT2D eigenvalue weighted by atomic mass is 10.2. The van der Waals surface area contributed by atoms with Crippen LogP contribution >= 0.6 is 11.3 Å². The molecule has 0 atom stereocenters. The zero-order chi connectivity index (χ0) is 15.0. The molecule has 21 heavy (non-hydrogen) atoms. The summed E-state index contributed by atoms with van der Waals surface area (Å²) in [5.74, 6) is -5.42. The molecular formula is C14H7F3N2OS. The number of aromatic nitrogens is 1. The van der Waals surface area contributed by atoms with Crippen molar-refractivity contribution >= 4 is 32.6 Å². The third-order valence-corrected chi connectivity index (χ3v) is 3.75. The summed E-state index contributed by atoms with van der Waals surface area (Å²) in [4.78, 5) is 16.0. The summed E-state index contributed by atoms with van der Waals surface area (Å²) in [6.45, 7) is 0. The van der Waals surface area contributed by atoms with Crippen molar-refractivity contribution in [1.82, 2.24) is 4.98 Å². The molecule has 1 aromatic heterocycles. The van der Waals surface area contributed by atoms with Crippen LogP contribution in [0.25, 0.3) is 10.2 Å². The Bertz CT molecular complexity index is 814. The molecule has 2 aromatic carbocycles. The second-order valence-corrected chi connectivity index (χ2v) is 5.19. The minimum Gasteiger partial charge on any atom is -0.298 e. The van der Waals surface area contributed by atoms with E-state index in [4.69, 9.17) is 0 Å². The number of nitrogens with one attached hydrogen (secondary N) is 1. The first-order valence-electron chi connectivity index (χ1n) is 5.86. The standard InChI is InChI=1S/C14H7F3N2OS/c15-8-6-5-7(11(16)12(8)17)13(20)19-14-18-9-3-1-2-4-10(9)21-14/h1-6H,(H,18,19,20). The van der Waals surface area contributed by atoms with Gasteiger partial charge in [0.2, 0.25) is 0 Å². The maximum Gasteiger partial charge on any atom is 0.260 e. The number of halogens is 3. The number of benzene rings is 2. The molecule has 3 rings (SSSR count). The van der Waals surface area contributed by atoms with Crippen LogP contribution in [-0.4, -0.2) is 10.9 Å². The average molecular weight is 308 g/mol. The smallest absolute Gasteiger partial charge is 0.260 e. The topological polar surface area (TPSA) is 42.0 Å². The van der Waals surface area contributed by atoms with E-state index >= 15 is 0 Å². The number of amides is 1. The second-order valence-electron chi connectivity index (χ2n) is 4.16. The van der Waals surface area contributed by atoms with Crippen molar-refractivity contribution in [2.75, 3.05) is 5.32 Å². The first kappa shape index (κ1) is 13.6. The lowest BCUT2D eigenvalue weighted by Gasteiger charge is -2.04. The van der Waals surface area contributed by atoms with Crippen LogP contribution in [0.2, 0.25) is 0 Å². The predicted octanol–water partition coefficient (Wildman–Crippen LogP) is 3.97. The summed E-state index contributed by atoms with van der Waals surface area (Å²) < 4.78 is 40.3. The molecule has 0 aliphatic carbocycles. The lowest BCUT2D eigenvalue weighted by molar-refractivity contribution is 0.102. The van der Waals surface area contributed by atoms with Gasteiger partial charge in [0.05, 0.1) is 15.8 Å². The molecular weight excluding hydrogens is 301 g/mol. The van der Waals surface area contributed by atoms with Crippen molar-refractivity contribution in [2.24, 2.45) is 0 Å². The Balaban J connectivity index is 1.91. The predicted molar refractivity (Wildman–Crippen MR) is 73.9 cm³/mol. The quantitative estimate of drug-likeness (QED) is 0.728. The summed E-state index contributed by atoms with van der Waals surface area (Å²) in [5, 5.41) is 2.63. The van der Waals surface area contributed by atoms with Gasteiger partial charge in [-0.3, -0.25) is 10.1 Å². The Kier molecular flexibility index (Phi) is 3.34. The minimum atomic E-state index is -1.67. The van der Waals surface area contributed by atoms with Crippen molar-refractivity contribution in [3.63, 3.8) is 0 Å². The number of anilines is 1. The van der Waals surface area contributed by atoms with Crippen LogP contribution in [0.4, 0.5) is 18.3 Å². The van der Waals surface area contributed by atoms with Crippen molar-refractivity contribution in [3.05, 3.63) is 59.4 Å². The van der Waals surface area contributed by atoms with Crippen LogP contribution in [0, 0.1) is 17.5 Å². The lowest BCUT2D eigenvalue weighted by Crippen LogP contribution is -2.15. The number of carbonyl (C=O) groups excluding carboxylic acids is 1. The zero-order valence-corrected chi connectivity index (χ0v) is 11.2. The highest BCUT2D eigenvalue weighted by Gasteiger charge is 2.19. The number of carbonyl (C=O) groups is 1. The van der Waals surface area contributed by atoms with Gasteiger partial charge in [0.1, 0.15) is 0 Å². The van der Waals surface area contributed by atoms with E-state index in [0.717, 1.165) is 10.8 Å². The summed E-state index contributed by atoms with van der Waals surface area (Å²) in [7, 11) is 0. The van der Waals surface area contributed by atoms with Crippen molar-refractivity contribution in [2.45, 2.75) is 0 Å². The molecule has 1 amide bonds. The van der Waals surface area contributed by atoms with Gasteiger partial charge in [0.25, 0.3) is 5.91 Å². The van der Waals surface area contributed by atoms with Gasteiger partial charge < -0.3 is 0 Å². The zero-order valence-electron chi connectivity index (χ0n) is 10.4. The molecule has 0 bridgehead atoms. The molecule has 106 valence electrons. The SMILES string of the molecule is O=C(Nc1nc2ccccc2s1)c1ccc(F)c(F)c1F. The van der Waals surface area contributed by atoms with Gasteiger partial charge in [0, 0.05) is 0 Å². The van der Waals surface area contributed by atoms with Gasteiger partial charge in [-0.25, -0.2) is 18.2 Å². The molecule has 0 unspecified atom stereocenters. The molecule has 0 saturated heterocycles. The molecule has 0 radical (unpaired) electrons. The number of para-hydroxylation sites is 1. The molecule has 1 N–H and O–H groups in total. The van der Waals surface area contributed by atoms with Crippen LogP contribution < -0.4 is 5.32 Å². The number of thiazole rings is 1. The normalized spacial score (nSPS) is 10.8. The highest BCUT2D eigenvalue weighted by molar-refractivity contribution is 7.22. The first-order valence-corrected chi connectivity index (χ1v) is 6.68. The molecule has 3 aromatic rings. The summed E-state index contributed by atoms with van der Waals surface area (Å²) in [6, 6.07) is 8.78. The Labute approximate surface area is 121 Å². The monoisotopic (exact) mass is 308 g/mol. The van der Waals surface area contributed by atoms with Gasteiger partial charge in [-0.1, -0.05) is 23.5 Å². The molecule has 0 fully saturated rings. The van der Waals surface area contributed by atoms with E-state index in [0.29, 0.717) is 11.6 Å². The van der Waals surface area contributed by atoms with Gasteiger partial charge in [-0.05, 0) is 24.3 Å². The van der Waals surface area contributed by atoms with Crippen LogP contribution in [0.15, 0.2) is 36.4 Å². The third kappa shape index (κ3) is 2.47. The maximum absolute atomic E-state index is 13.5. The Hall–Kier alpha value is -2.41. The molecule has 0 spiro atoms. The highest BCUT2D eigenvalue weighted by Crippen LogP contribution is 2.26. The minimum absolute atomic E-state index is 0.255. The molecule has 0 aliphatic heterocycles. The summed E-state index contributed by atoms with van der Waals surface area (Å²) in [6.07, 6.45) is 0. The van der Waals surface area contributed by atoms with Gasteiger partial charge in [-0.2, -0.15) is 0 Å². The van der Waals surface area contributed by atoms with Crippen LogP contribution in [0.1, 0.15) is 10.4 Å². The second kappa shape index (κ2) is 5.17. The fourth-order valence-corrected chi connectivity index (χ4v) is 2.65. The Morgan fingerprint density at radius 1 is 1.05 bits per heavy atom. The average Bonchev–Trinajstić information content (AvgIpc) is 2.86. The van der Waals surface area contributed by atoms with Gasteiger partial charge >= 0.3 is 0 Å². The maximum atomic E-state index is 13.5. The number of fused-ring (bicyclic) bond motifs is 1. The van der Waals surface area contributed by atoms with Crippen LogP contribution in [-0.2, 0) is 0 Å². The number of nitrogens with zero attached hydrogens (tertiary/aromatic N) is 1. The van der Waals surface area contributed by atoms with E-state index in [-0.39, 0.29) is 5.13 Å². The molecule has 0 saturated carbocycles. The number of rotatable bonds is 2. The van der Waals surface area contributed by atoms with Crippen molar-refractivity contribution in [3.8, 4) is 0 Å². The van der Waals surface area contributed by atoms with E-state index in [1.807, 2.05) is 12.1 Å². The van der Waals surface area contributed by atoms with Crippen molar-refractivity contribution < 1.29 is 18.0 Å². The largest absolute Gasteiger partial charge is 0.298 e. The molecule has 3 nitrogen and oxygen atoms in total. The Morgan fingerprint density at radius 3 is 2.57 bits per heavy atom. The fraction of sp³-hybridized carbons (Fsp3) is 0.